The molecule has 1 N–H and O–H groups in total. The Labute approximate surface area is 170 Å². The van der Waals surface area contributed by atoms with Crippen LogP contribution in [0.15, 0.2) is 54.7 Å². The number of aromatic nitrogens is 2. The minimum absolute atomic E-state index is 0.114. The van der Waals surface area contributed by atoms with Crippen LogP contribution in [-0.2, 0) is 13.2 Å². The lowest BCUT2D eigenvalue weighted by molar-refractivity contribution is 0.0938. The maximum Gasteiger partial charge on any atom is 0.251 e. The molecule has 1 amide bonds. The van der Waals surface area contributed by atoms with Crippen molar-refractivity contribution in [1.29, 1.82) is 0 Å². The molecular weight excluding hydrogens is 374 g/mol. The summed E-state index contributed by atoms with van der Waals surface area (Å²) >= 11 is 6.03. The second-order valence-electron chi connectivity index (χ2n) is 6.66. The lowest BCUT2D eigenvalue weighted by Crippen LogP contribution is -2.28. The third-order valence-electron chi connectivity index (χ3n) is 4.59. The highest BCUT2D eigenvalue weighted by atomic mass is 35.5. The number of carbonyl (C=O) groups excluding carboxylic acids is 1. The van der Waals surface area contributed by atoms with Gasteiger partial charge in [0.1, 0.15) is 12.4 Å². The molecule has 0 aliphatic carbocycles. The summed E-state index contributed by atoms with van der Waals surface area (Å²) in [7, 11) is 0. The Kier molecular flexibility index (Phi) is 6.37. The third-order valence-corrected chi connectivity index (χ3v) is 5.02. The summed E-state index contributed by atoms with van der Waals surface area (Å²) in [4.78, 5) is 12.5. The Morgan fingerprint density at radius 3 is 2.64 bits per heavy atom. The summed E-state index contributed by atoms with van der Waals surface area (Å²) in [5.74, 6) is 0.655. The molecule has 0 aliphatic rings. The first-order valence-electron chi connectivity index (χ1n) is 9.28. The zero-order valence-electron chi connectivity index (χ0n) is 16.3. The van der Waals surface area contributed by atoms with E-state index in [2.05, 4.69) is 10.4 Å². The van der Waals surface area contributed by atoms with Crippen LogP contribution in [0.1, 0.15) is 47.1 Å². The van der Waals surface area contributed by atoms with Gasteiger partial charge < -0.3 is 10.1 Å². The van der Waals surface area contributed by atoms with Crippen molar-refractivity contribution in [1.82, 2.24) is 15.1 Å². The summed E-state index contributed by atoms with van der Waals surface area (Å²) in [5.41, 5.74) is 3.56. The van der Waals surface area contributed by atoms with E-state index in [1.807, 2.05) is 74.0 Å². The van der Waals surface area contributed by atoms with E-state index in [1.54, 1.807) is 6.20 Å². The number of aryl methyl sites for hydroxylation is 2. The Bertz CT molecular complexity index is 951. The molecule has 1 heterocycles. The SMILES string of the molecule is CCn1nccc1C(C)NC(=O)c1ccc(COc2ccc(Cl)c(C)c2)cc1. The van der Waals surface area contributed by atoms with E-state index in [4.69, 9.17) is 16.3 Å². The van der Waals surface area contributed by atoms with Crippen molar-refractivity contribution >= 4 is 17.5 Å². The van der Waals surface area contributed by atoms with Gasteiger partial charge in [0.15, 0.2) is 0 Å². The van der Waals surface area contributed by atoms with Gasteiger partial charge in [-0.1, -0.05) is 23.7 Å². The van der Waals surface area contributed by atoms with Crippen LogP contribution in [-0.4, -0.2) is 15.7 Å². The van der Waals surface area contributed by atoms with Gasteiger partial charge in [0.25, 0.3) is 5.91 Å². The number of nitrogens with zero attached hydrogens (tertiary/aromatic N) is 2. The molecule has 28 heavy (non-hydrogen) atoms. The zero-order valence-corrected chi connectivity index (χ0v) is 17.0. The van der Waals surface area contributed by atoms with Crippen molar-refractivity contribution in [2.24, 2.45) is 0 Å². The lowest BCUT2D eigenvalue weighted by Gasteiger charge is -2.15. The minimum Gasteiger partial charge on any atom is -0.489 e. The molecule has 2 aromatic carbocycles. The highest BCUT2D eigenvalue weighted by molar-refractivity contribution is 6.31. The van der Waals surface area contributed by atoms with Crippen molar-refractivity contribution in [2.45, 2.75) is 40.0 Å². The fraction of sp³-hybridized carbons (Fsp3) is 0.273. The van der Waals surface area contributed by atoms with Crippen LogP contribution in [0.5, 0.6) is 5.75 Å². The molecule has 3 rings (SSSR count). The zero-order chi connectivity index (χ0) is 20.1. The van der Waals surface area contributed by atoms with Gasteiger partial charge in [0.05, 0.1) is 11.7 Å². The fourth-order valence-corrected chi connectivity index (χ4v) is 3.07. The predicted molar refractivity (Wildman–Crippen MR) is 111 cm³/mol. The molecule has 0 bridgehead atoms. The van der Waals surface area contributed by atoms with Gasteiger partial charge in [-0.25, -0.2) is 0 Å². The molecule has 5 nitrogen and oxygen atoms in total. The maximum atomic E-state index is 12.5. The number of halogens is 1. The van der Waals surface area contributed by atoms with E-state index in [0.717, 1.165) is 34.1 Å². The van der Waals surface area contributed by atoms with Crippen molar-refractivity contribution in [3.63, 3.8) is 0 Å². The minimum atomic E-state index is -0.119. The van der Waals surface area contributed by atoms with Gasteiger partial charge in [-0.05, 0) is 68.3 Å². The number of rotatable bonds is 7. The second kappa shape index (κ2) is 8.93. The molecule has 1 atom stereocenters. The van der Waals surface area contributed by atoms with E-state index in [-0.39, 0.29) is 11.9 Å². The number of amides is 1. The van der Waals surface area contributed by atoms with Gasteiger partial charge in [0.2, 0.25) is 0 Å². The average molecular weight is 398 g/mol. The highest BCUT2D eigenvalue weighted by Gasteiger charge is 2.14. The topological polar surface area (TPSA) is 56.2 Å². The number of ether oxygens (including phenoxy) is 1. The van der Waals surface area contributed by atoms with Crippen molar-refractivity contribution < 1.29 is 9.53 Å². The molecule has 1 unspecified atom stereocenters. The van der Waals surface area contributed by atoms with Gasteiger partial charge in [-0.2, -0.15) is 5.10 Å². The number of hydrogen-bond acceptors (Lipinski definition) is 3. The number of carbonyl (C=O) groups is 1. The molecule has 146 valence electrons. The Hall–Kier alpha value is -2.79. The Morgan fingerprint density at radius 1 is 1.21 bits per heavy atom. The summed E-state index contributed by atoms with van der Waals surface area (Å²) in [6, 6.07) is 14.8. The molecule has 0 fully saturated rings. The quantitative estimate of drug-likeness (QED) is 0.614. The van der Waals surface area contributed by atoms with Crippen molar-refractivity contribution in [3.05, 3.63) is 82.1 Å². The summed E-state index contributed by atoms with van der Waals surface area (Å²) in [6.07, 6.45) is 1.75. The van der Waals surface area contributed by atoms with Crippen LogP contribution in [0.25, 0.3) is 0 Å². The summed E-state index contributed by atoms with van der Waals surface area (Å²) in [6.45, 7) is 7.12. The molecule has 1 aromatic heterocycles. The first-order valence-corrected chi connectivity index (χ1v) is 9.66. The highest BCUT2D eigenvalue weighted by Crippen LogP contribution is 2.22. The van der Waals surface area contributed by atoms with Crippen LogP contribution in [0, 0.1) is 6.92 Å². The Morgan fingerprint density at radius 2 is 1.96 bits per heavy atom. The smallest absolute Gasteiger partial charge is 0.251 e. The van der Waals surface area contributed by atoms with Gasteiger partial charge >= 0.3 is 0 Å². The predicted octanol–water partition coefficient (Wildman–Crippen LogP) is 4.93. The van der Waals surface area contributed by atoms with Gasteiger partial charge in [-0.15, -0.1) is 0 Å². The van der Waals surface area contributed by atoms with Crippen molar-refractivity contribution in [2.75, 3.05) is 0 Å². The fourth-order valence-electron chi connectivity index (χ4n) is 2.95. The van der Waals surface area contributed by atoms with Crippen molar-refractivity contribution in [3.8, 4) is 5.75 Å². The number of nitrogens with one attached hydrogen (secondary N) is 1. The molecule has 0 radical (unpaired) electrons. The van der Waals surface area contributed by atoms with E-state index in [9.17, 15) is 4.79 Å². The summed E-state index contributed by atoms with van der Waals surface area (Å²) in [5, 5.41) is 7.99. The normalized spacial score (nSPS) is 11.9. The van der Waals surface area contributed by atoms with E-state index < -0.39 is 0 Å². The Balaban J connectivity index is 1.58. The molecule has 0 saturated heterocycles. The lowest BCUT2D eigenvalue weighted by atomic mass is 10.1. The molecular formula is C22H24ClN3O2. The first-order chi connectivity index (χ1) is 13.5. The van der Waals surface area contributed by atoms with Crippen LogP contribution >= 0.6 is 11.6 Å². The average Bonchev–Trinajstić information content (AvgIpc) is 3.18. The van der Waals surface area contributed by atoms with Crippen LogP contribution < -0.4 is 10.1 Å². The van der Waals surface area contributed by atoms with Crippen LogP contribution in [0.4, 0.5) is 0 Å². The molecule has 3 aromatic rings. The van der Waals surface area contributed by atoms with E-state index in [0.29, 0.717) is 12.2 Å². The van der Waals surface area contributed by atoms with Gasteiger partial charge in [-0.3, -0.25) is 9.48 Å². The monoisotopic (exact) mass is 397 g/mol. The van der Waals surface area contributed by atoms with E-state index in [1.165, 1.54) is 0 Å². The second-order valence-corrected chi connectivity index (χ2v) is 7.07. The molecule has 0 saturated carbocycles. The summed E-state index contributed by atoms with van der Waals surface area (Å²) < 4.78 is 7.68. The largest absolute Gasteiger partial charge is 0.489 e. The van der Waals surface area contributed by atoms with Crippen LogP contribution in [0.2, 0.25) is 5.02 Å². The third kappa shape index (κ3) is 4.73. The first kappa shape index (κ1) is 20.0. The maximum absolute atomic E-state index is 12.5. The standard InChI is InChI=1S/C22H24ClN3O2/c1-4-26-21(11-12-24-26)16(3)25-22(27)18-7-5-17(6-8-18)14-28-19-9-10-20(23)15(2)13-19/h5-13,16H,4,14H2,1-3H3,(H,25,27). The molecule has 0 spiro atoms. The van der Waals surface area contributed by atoms with E-state index >= 15 is 0 Å². The number of hydrogen-bond donors (Lipinski definition) is 1. The molecule has 0 aliphatic heterocycles. The number of benzene rings is 2. The molecule has 6 heteroatoms. The van der Waals surface area contributed by atoms with Gasteiger partial charge in [0, 0.05) is 23.3 Å². The van der Waals surface area contributed by atoms with Crippen LogP contribution in [0.3, 0.4) is 0 Å².